The summed E-state index contributed by atoms with van der Waals surface area (Å²) in [6.07, 6.45) is 3.10. The summed E-state index contributed by atoms with van der Waals surface area (Å²) in [5.41, 5.74) is 0.255. The Morgan fingerprint density at radius 3 is 2.81 bits per heavy atom. The molecule has 1 rings (SSSR count). The number of hydrogen-bond acceptors (Lipinski definition) is 4. The van der Waals surface area contributed by atoms with Gasteiger partial charge in [-0.25, -0.2) is 0 Å². The molecule has 0 aliphatic heterocycles. The monoisotopic (exact) mass is 241 g/mol. The van der Waals surface area contributed by atoms with E-state index >= 15 is 0 Å². The van der Waals surface area contributed by atoms with E-state index in [1.165, 1.54) is 6.42 Å². The van der Waals surface area contributed by atoms with Crippen molar-refractivity contribution in [3.63, 3.8) is 0 Å². The maximum atomic E-state index is 11.4. The van der Waals surface area contributed by atoms with Gasteiger partial charge in [-0.2, -0.15) is 5.26 Å². The van der Waals surface area contributed by atoms with E-state index in [1.807, 2.05) is 5.40 Å². The van der Waals surface area contributed by atoms with E-state index in [2.05, 4.69) is 20.8 Å². The van der Waals surface area contributed by atoms with E-state index in [0.29, 0.717) is 5.92 Å². The molecule has 0 saturated heterocycles. The quantitative estimate of drug-likeness (QED) is 0.563. The van der Waals surface area contributed by atoms with Crippen LogP contribution in [0.25, 0.3) is 0 Å². The summed E-state index contributed by atoms with van der Waals surface area (Å²) in [5.74, 6) is 0.480. The highest BCUT2D eigenvalue weighted by Gasteiger charge is 2.33. The molecule has 0 radical (unpaired) electrons. The molecule has 1 aliphatic rings. The Morgan fingerprint density at radius 2 is 2.25 bits per heavy atom. The molecule has 0 bridgehead atoms. The molecule has 3 nitrogen and oxygen atoms in total. The van der Waals surface area contributed by atoms with Crippen molar-refractivity contribution in [1.29, 1.82) is 5.26 Å². The topological polar surface area (TPSA) is 50.1 Å². The highest BCUT2D eigenvalue weighted by Crippen LogP contribution is 2.39. The second kappa shape index (κ2) is 5.58. The summed E-state index contributed by atoms with van der Waals surface area (Å²) >= 11 is 0.936. The zero-order chi connectivity index (χ0) is 12.2. The van der Waals surface area contributed by atoms with Crippen molar-refractivity contribution < 1.29 is 9.53 Å². The maximum absolute atomic E-state index is 11.4. The largest absolute Gasteiger partial charge is 0.462 e. The van der Waals surface area contributed by atoms with Crippen molar-refractivity contribution in [1.82, 2.24) is 0 Å². The van der Waals surface area contributed by atoms with Gasteiger partial charge in [0, 0.05) is 0 Å². The predicted octanol–water partition coefficient (Wildman–Crippen LogP) is 2.96. The lowest BCUT2D eigenvalue weighted by Crippen LogP contribution is -2.34. The van der Waals surface area contributed by atoms with Crippen LogP contribution in [0.1, 0.15) is 40.0 Å². The molecule has 2 unspecified atom stereocenters. The lowest BCUT2D eigenvalue weighted by Gasteiger charge is -2.38. The van der Waals surface area contributed by atoms with Crippen molar-refractivity contribution in [2.24, 2.45) is 11.3 Å². The number of ether oxygens (including phenoxy) is 1. The molecular formula is C12H19NO2S. The lowest BCUT2D eigenvalue weighted by molar-refractivity contribution is -0.150. The lowest BCUT2D eigenvalue weighted by atomic mass is 9.71. The van der Waals surface area contributed by atoms with Crippen LogP contribution in [0, 0.1) is 22.0 Å². The predicted molar refractivity (Wildman–Crippen MR) is 64.7 cm³/mol. The molecule has 0 N–H and O–H groups in total. The second-order valence-electron chi connectivity index (χ2n) is 5.41. The van der Waals surface area contributed by atoms with E-state index in [9.17, 15) is 4.79 Å². The van der Waals surface area contributed by atoms with Gasteiger partial charge in [-0.3, -0.25) is 4.79 Å². The fourth-order valence-corrected chi connectivity index (χ4v) is 2.91. The van der Waals surface area contributed by atoms with Crippen LogP contribution in [-0.2, 0) is 9.53 Å². The first kappa shape index (κ1) is 13.4. The summed E-state index contributed by atoms with van der Waals surface area (Å²) in [4.78, 5) is 11.4. The van der Waals surface area contributed by atoms with Crippen LogP contribution in [0.2, 0.25) is 0 Å². The van der Waals surface area contributed by atoms with Crippen molar-refractivity contribution in [2.45, 2.75) is 46.1 Å². The fourth-order valence-electron chi connectivity index (χ4n) is 2.66. The molecule has 90 valence electrons. The molecule has 0 amide bonds. The van der Waals surface area contributed by atoms with Crippen LogP contribution in [-0.4, -0.2) is 17.8 Å². The number of nitrogens with zero attached hydrogens (tertiary/aromatic N) is 1. The molecule has 1 fully saturated rings. The first-order valence-corrected chi connectivity index (χ1v) is 6.62. The van der Waals surface area contributed by atoms with Gasteiger partial charge in [0.25, 0.3) is 0 Å². The van der Waals surface area contributed by atoms with Gasteiger partial charge in [0.1, 0.15) is 17.3 Å². The standard InChI is InChI=1S/C12H19NO2S/c1-9-4-10(6-12(2,3)5-9)15-11(14)7-16-8-13/h9-10H,4-7H2,1-3H3. The van der Waals surface area contributed by atoms with Crippen LogP contribution in [0.5, 0.6) is 0 Å². The van der Waals surface area contributed by atoms with Crippen LogP contribution >= 0.6 is 11.8 Å². The van der Waals surface area contributed by atoms with E-state index in [-0.39, 0.29) is 23.2 Å². The Morgan fingerprint density at radius 1 is 1.56 bits per heavy atom. The molecule has 2 atom stereocenters. The number of thioether (sulfide) groups is 1. The Bertz CT molecular complexity index is 296. The van der Waals surface area contributed by atoms with Gasteiger partial charge in [0.15, 0.2) is 0 Å². The number of thiocyanates is 1. The Balaban J connectivity index is 2.42. The van der Waals surface area contributed by atoms with Crippen LogP contribution < -0.4 is 0 Å². The van der Waals surface area contributed by atoms with E-state index in [1.54, 1.807) is 0 Å². The molecule has 0 heterocycles. The van der Waals surface area contributed by atoms with Crippen molar-refractivity contribution in [3.8, 4) is 5.40 Å². The highest BCUT2D eigenvalue weighted by molar-refractivity contribution is 8.04. The molecular weight excluding hydrogens is 222 g/mol. The number of rotatable bonds is 3. The molecule has 0 spiro atoms. The third-order valence-electron chi connectivity index (χ3n) is 2.90. The highest BCUT2D eigenvalue weighted by atomic mass is 32.2. The molecule has 4 heteroatoms. The molecule has 0 aromatic rings. The van der Waals surface area contributed by atoms with Gasteiger partial charge < -0.3 is 4.74 Å². The SMILES string of the molecule is CC1CC(OC(=O)CSC#N)CC(C)(C)C1. The molecule has 0 aromatic carbocycles. The zero-order valence-corrected chi connectivity index (χ0v) is 11.0. The van der Waals surface area contributed by atoms with Gasteiger partial charge in [-0.15, -0.1) is 0 Å². The smallest absolute Gasteiger partial charge is 0.317 e. The molecule has 1 saturated carbocycles. The summed E-state index contributed by atoms with van der Waals surface area (Å²) in [7, 11) is 0. The minimum absolute atomic E-state index is 0.0329. The van der Waals surface area contributed by atoms with E-state index < -0.39 is 0 Å². The maximum Gasteiger partial charge on any atom is 0.317 e. The average molecular weight is 241 g/mol. The average Bonchev–Trinajstić information content (AvgIpc) is 2.11. The van der Waals surface area contributed by atoms with Crippen molar-refractivity contribution >= 4 is 17.7 Å². The van der Waals surface area contributed by atoms with Crippen LogP contribution in [0.15, 0.2) is 0 Å². The van der Waals surface area contributed by atoms with Gasteiger partial charge >= 0.3 is 5.97 Å². The first-order valence-electron chi connectivity index (χ1n) is 5.63. The molecule has 16 heavy (non-hydrogen) atoms. The minimum Gasteiger partial charge on any atom is -0.462 e. The van der Waals surface area contributed by atoms with Crippen molar-refractivity contribution in [2.75, 3.05) is 5.75 Å². The third-order valence-corrected chi connectivity index (χ3v) is 3.41. The normalized spacial score (nSPS) is 28.1. The summed E-state index contributed by atoms with van der Waals surface area (Å²) in [6.45, 7) is 6.63. The Labute approximate surface area is 102 Å². The van der Waals surface area contributed by atoms with E-state index in [0.717, 1.165) is 24.6 Å². The number of esters is 1. The summed E-state index contributed by atoms with van der Waals surface area (Å²) in [6, 6.07) is 0. The van der Waals surface area contributed by atoms with Crippen LogP contribution in [0.4, 0.5) is 0 Å². The summed E-state index contributed by atoms with van der Waals surface area (Å²) in [5, 5.41) is 10.2. The Hall–Kier alpha value is -0.690. The zero-order valence-electron chi connectivity index (χ0n) is 10.2. The molecule has 0 aromatic heterocycles. The number of nitriles is 1. The second-order valence-corrected chi connectivity index (χ2v) is 6.17. The number of hydrogen-bond donors (Lipinski definition) is 0. The first-order chi connectivity index (χ1) is 7.43. The number of carbonyl (C=O) groups is 1. The van der Waals surface area contributed by atoms with Gasteiger partial charge in [0.05, 0.1) is 0 Å². The number of carbonyl (C=O) groups excluding carboxylic acids is 1. The van der Waals surface area contributed by atoms with Crippen molar-refractivity contribution in [3.05, 3.63) is 0 Å². The minimum atomic E-state index is -0.263. The summed E-state index contributed by atoms with van der Waals surface area (Å²) < 4.78 is 5.39. The van der Waals surface area contributed by atoms with Gasteiger partial charge in [0.2, 0.25) is 0 Å². The van der Waals surface area contributed by atoms with E-state index in [4.69, 9.17) is 10.00 Å². The molecule has 1 aliphatic carbocycles. The third kappa shape index (κ3) is 4.44. The van der Waals surface area contributed by atoms with Gasteiger partial charge in [-0.05, 0) is 42.4 Å². The fraction of sp³-hybridized carbons (Fsp3) is 0.833. The van der Waals surface area contributed by atoms with Crippen LogP contribution in [0.3, 0.4) is 0 Å². The van der Waals surface area contributed by atoms with Gasteiger partial charge in [-0.1, -0.05) is 20.8 Å². The Kier molecular flexibility index (Phi) is 4.67.